The van der Waals surface area contributed by atoms with Crippen molar-refractivity contribution in [2.75, 3.05) is 6.61 Å². The lowest BCUT2D eigenvalue weighted by molar-refractivity contribution is -0.117. The molecule has 3 aromatic rings. The minimum absolute atomic E-state index is 0.0497. The highest BCUT2D eigenvalue weighted by atomic mass is 79.9. The first-order valence-corrected chi connectivity index (χ1v) is 12.0. The van der Waals surface area contributed by atoms with Crippen LogP contribution in [0.25, 0.3) is 6.08 Å². The number of nitrogens with zero attached hydrogens (tertiary/aromatic N) is 1. The third-order valence-electron chi connectivity index (χ3n) is 5.21. The van der Waals surface area contributed by atoms with Crippen molar-refractivity contribution < 1.29 is 24.2 Å². The number of hydrogen-bond donors (Lipinski definition) is 2. The van der Waals surface area contributed by atoms with Gasteiger partial charge in [0.05, 0.1) is 22.7 Å². The van der Waals surface area contributed by atoms with Crippen LogP contribution in [0.2, 0.25) is 0 Å². The summed E-state index contributed by atoms with van der Waals surface area (Å²) in [6, 6.07) is 21.1. The summed E-state index contributed by atoms with van der Waals surface area (Å²) in [4.78, 5) is 24.0. The fourth-order valence-electron chi connectivity index (χ4n) is 3.44. The Kier molecular flexibility index (Phi) is 9.25. The molecule has 3 aromatic carbocycles. The molecule has 0 aliphatic rings. The number of halogens is 1. The molecule has 0 fully saturated rings. The molecule has 0 spiro atoms. The van der Waals surface area contributed by atoms with Crippen molar-refractivity contribution in [3.63, 3.8) is 0 Å². The molecule has 0 saturated carbocycles. The maximum absolute atomic E-state index is 12.7. The number of aromatic carboxylic acids is 1. The maximum Gasteiger partial charge on any atom is 0.335 e. The predicted octanol–water partition coefficient (Wildman–Crippen LogP) is 5.91. The minimum atomic E-state index is -1.01. The van der Waals surface area contributed by atoms with Crippen LogP contribution in [0.15, 0.2) is 76.8 Å². The lowest BCUT2D eigenvalue weighted by Crippen LogP contribution is -2.27. The second-order valence-electron chi connectivity index (χ2n) is 7.83. The lowest BCUT2D eigenvalue weighted by Gasteiger charge is -2.16. The van der Waals surface area contributed by atoms with Gasteiger partial charge >= 0.3 is 5.97 Å². The topological polar surface area (TPSA) is 109 Å². The molecule has 2 N–H and O–H groups in total. The Labute approximate surface area is 218 Å². The number of ether oxygens (including phenoxy) is 2. The van der Waals surface area contributed by atoms with Gasteiger partial charge in [0.15, 0.2) is 11.5 Å². The Hall–Kier alpha value is -4.09. The van der Waals surface area contributed by atoms with E-state index < -0.39 is 11.9 Å². The molecule has 0 aromatic heterocycles. The quantitative estimate of drug-likeness (QED) is 0.241. The molecule has 0 saturated heterocycles. The van der Waals surface area contributed by atoms with Gasteiger partial charge in [0, 0.05) is 0 Å². The molecule has 0 radical (unpaired) electrons. The number of carboxylic acids is 1. The molecule has 1 amide bonds. The fourth-order valence-corrected chi connectivity index (χ4v) is 4.01. The summed E-state index contributed by atoms with van der Waals surface area (Å²) in [7, 11) is 0. The van der Waals surface area contributed by atoms with Crippen LogP contribution in [0, 0.1) is 11.3 Å². The Balaban J connectivity index is 1.82. The summed E-state index contributed by atoms with van der Waals surface area (Å²) in [5.74, 6) is -0.653. The smallest absolute Gasteiger partial charge is 0.335 e. The van der Waals surface area contributed by atoms with E-state index in [0.717, 1.165) is 5.56 Å². The third kappa shape index (κ3) is 6.96. The Morgan fingerprint density at radius 1 is 1.11 bits per heavy atom. The Morgan fingerprint density at radius 3 is 2.53 bits per heavy atom. The summed E-state index contributed by atoms with van der Waals surface area (Å²) in [5.41, 5.74) is 2.31. The monoisotopic (exact) mass is 548 g/mol. The standard InChI is InChI=1S/C28H25BrN2O5/c1-3-35-25-15-20(13-23(16-30)27(32)31-18(2)21-9-5-4-6-10-21)14-24(29)26(25)36-17-19-8-7-11-22(12-19)28(33)34/h4-15,18H,3,17H2,1-2H3,(H,31,32)(H,33,34)/b23-13-/t18-/m0/s1. The van der Waals surface area contributed by atoms with Crippen molar-refractivity contribution in [3.8, 4) is 17.6 Å². The summed E-state index contributed by atoms with van der Waals surface area (Å²) < 4.78 is 12.3. The van der Waals surface area contributed by atoms with Crippen LogP contribution in [0.1, 0.15) is 46.9 Å². The van der Waals surface area contributed by atoms with E-state index in [0.29, 0.717) is 33.7 Å². The number of nitriles is 1. The second kappa shape index (κ2) is 12.6. The zero-order valence-corrected chi connectivity index (χ0v) is 21.4. The van der Waals surface area contributed by atoms with Gasteiger partial charge in [-0.05, 0) is 76.8 Å². The average Bonchev–Trinajstić information content (AvgIpc) is 2.87. The molecule has 7 nitrogen and oxygen atoms in total. The molecule has 8 heteroatoms. The predicted molar refractivity (Wildman–Crippen MR) is 140 cm³/mol. The highest BCUT2D eigenvalue weighted by Gasteiger charge is 2.16. The van der Waals surface area contributed by atoms with Crippen molar-refractivity contribution in [2.45, 2.75) is 26.5 Å². The molecule has 0 aliphatic carbocycles. The molecule has 3 rings (SSSR count). The van der Waals surface area contributed by atoms with E-state index in [2.05, 4.69) is 21.2 Å². The van der Waals surface area contributed by atoms with Crippen LogP contribution in [-0.4, -0.2) is 23.6 Å². The number of carboxylic acid groups (broad SMARTS) is 1. The molecular weight excluding hydrogens is 524 g/mol. The number of benzene rings is 3. The van der Waals surface area contributed by atoms with Gasteiger partial charge in [0.1, 0.15) is 18.2 Å². The Morgan fingerprint density at radius 2 is 1.86 bits per heavy atom. The van der Waals surface area contributed by atoms with Crippen molar-refractivity contribution in [1.82, 2.24) is 5.32 Å². The molecule has 0 aliphatic heterocycles. The maximum atomic E-state index is 12.7. The molecular formula is C28H25BrN2O5. The van der Waals surface area contributed by atoms with E-state index in [1.807, 2.05) is 50.2 Å². The SMILES string of the molecule is CCOc1cc(/C=C(/C#N)C(=O)N[C@@H](C)c2ccccc2)cc(Br)c1OCc1cccc(C(=O)O)c1. The second-order valence-corrected chi connectivity index (χ2v) is 8.69. The van der Waals surface area contributed by atoms with Gasteiger partial charge in [-0.25, -0.2) is 4.79 Å². The molecule has 0 unspecified atom stereocenters. The molecule has 36 heavy (non-hydrogen) atoms. The zero-order valence-electron chi connectivity index (χ0n) is 19.8. The van der Waals surface area contributed by atoms with Gasteiger partial charge < -0.3 is 19.9 Å². The highest BCUT2D eigenvalue weighted by Crippen LogP contribution is 2.38. The fraction of sp³-hybridized carbons (Fsp3) is 0.179. The van der Waals surface area contributed by atoms with E-state index in [-0.39, 0.29) is 23.8 Å². The number of hydrogen-bond acceptors (Lipinski definition) is 5. The van der Waals surface area contributed by atoms with Crippen LogP contribution in [0.5, 0.6) is 11.5 Å². The number of amides is 1. The first-order valence-electron chi connectivity index (χ1n) is 11.2. The number of rotatable bonds is 10. The van der Waals surface area contributed by atoms with Crippen molar-refractivity contribution in [3.05, 3.63) is 99.0 Å². The van der Waals surface area contributed by atoms with Crippen LogP contribution >= 0.6 is 15.9 Å². The number of nitrogens with one attached hydrogen (secondary N) is 1. The molecule has 0 bridgehead atoms. The third-order valence-corrected chi connectivity index (χ3v) is 5.80. The van der Waals surface area contributed by atoms with Crippen LogP contribution in [-0.2, 0) is 11.4 Å². The zero-order chi connectivity index (χ0) is 26.1. The van der Waals surface area contributed by atoms with E-state index in [1.165, 1.54) is 12.1 Å². The largest absolute Gasteiger partial charge is 0.490 e. The van der Waals surface area contributed by atoms with Gasteiger partial charge in [-0.3, -0.25) is 4.79 Å². The van der Waals surface area contributed by atoms with Gasteiger partial charge in [-0.15, -0.1) is 0 Å². The minimum Gasteiger partial charge on any atom is -0.490 e. The van der Waals surface area contributed by atoms with Gasteiger partial charge in [0.2, 0.25) is 0 Å². The van der Waals surface area contributed by atoms with Crippen LogP contribution in [0.3, 0.4) is 0 Å². The normalized spacial score (nSPS) is 11.8. The summed E-state index contributed by atoms with van der Waals surface area (Å²) in [6.45, 7) is 4.17. The summed E-state index contributed by atoms with van der Waals surface area (Å²) in [5, 5.41) is 21.7. The van der Waals surface area contributed by atoms with Gasteiger partial charge in [0.25, 0.3) is 5.91 Å². The Bertz CT molecular complexity index is 1320. The average molecular weight is 549 g/mol. The first-order chi connectivity index (χ1) is 17.3. The van der Waals surface area contributed by atoms with Crippen molar-refractivity contribution in [2.24, 2.45) is 0 Å². The van der Waals surface area contributed by atoms with E-state index in [4.69, 9.17) is 9.47 Å². The summed E-state index contributed by atoms with van der Waals surface area (Å²) >= 11 is 3.49. The van der Waals surface area contributed by atoms with Crippen LogP contribution < -0.4 is 14.8 Å². The lowest BCUT2D eigenvalue weighted by atomic mass is 10.1. The highest BCUT2D eigenvalue weighted by molar-refractivity contribution is 9.10. The molecule has 1 atom stereocenters. The summed E-state index contributed by atoms with van der Waals surface area (Å²) in [6.07, 6.45) is 1.49. The molecule has 184 valence electrons. The van der Waals surface area contributed by atoms with E-state index in [1.54, 1.807) is 30.3 Å². The number of carbonyl (C=O) groups excluding carboxylic acids is 1. The number of carbonyl (C=O) groups is 2. The first kappa shape index (κ1) is 26.5. The van der Waals surface area contributed by atoms with Crippen molar-refractivity contribution >= 4 is 33.9 Å². The van der Waals surface area contributed by atoms with E-state index in [9.17, 15) is 20.0 Å². The van der Waals surface area contributed by atoms with Gasteiger partial charge in [-0.2, -0.15) is 5.26 Å². The van der Waals surface area contributed by atoms with Crippen molar-refractivity contribution in [1.29, 1.82) is 5.26 Å². The van der Waals surface area contributed by atoms with Crippen LogP contribution in [0.4, 0.5) is 0 Å². The van der Waals surface area contributed by atoms with E-state index >= 15 is 0 Å². The van der Waals surface area contributed by atoms with Gasteiger partial charge in [-0.1, -0.05) is 42.5 Å². The molecule has 0 heterocycles.